The third kappa shape index (κ3) is 3.19. The normalized spacial score (nSPS) is 10.6. The van der Waals surface area contributed by atoms with Gasteiger partial charge in [0, 0.05) is 5.56 Å². The molecule has 0 aliphatic rings. The van der Waals surface area contributed by atoms with E-state index in [0.29, 0.717) is 11.3 Å². The molecule has 0 atom stereocenters. The summed E-state index contributed by atoms with van der Waals surface area (Å²) >= 11 is 0. The van der Waals surface area contributed by atoms with Crippen molar-refractivity contribution in [2.75, 3.05) is 7.11 Å². The van der Waals surface area contributed by atoms with E-state index in [1.54, 1.807) is 30.3 Å². The zero-order valence-electron chi connectivity index (χ0n) is 10.3. The van der Waals surface area contributed by atoms with Crippen molar-refractivity contribution in [1.29, 1.82) is 0 Å². The monoisotopic (exact) mass is 256 g/mol. The van der Waals surface area contributed by atoms with E-state index in [4.69, 9.17) is 4.42 Å². The molecule has 2 rings (SSSR count). The largest absolute Gasteiger partial charge is 0.463 e. The van der Waals surface area contributed by atoms with Crippen LogP contribution < -0.4 is 0 Å². The van der Waals surface area contributed by atoms with E-state index in [-0.39, 0.29) is 11.5 Å². The highest BCUT2D eigenvalue weighted by molar-refractivity contribution is 6.06. The Kier molecular flexibility index (Phi) is 3.93. The fourth-order valence-corrected chi connectivity index (χ4v) is 1.51. The molecule has 0 spiro atoms. The van der Waals surface area contributed by atoms with Crippen LogP contribution in [0.3, 0.4) is 0 Å². The van der Waals surface area contributed by atoms with Gasteiger partial charge in [0.15, 0.2) is 5.78 Å². The number of ketones is 1. The van der Waals surface area contributed by atoms with Crippen LogP contribution in [0.25, 0.3) is 6.08 Å². The maximum atomic E-state index is 11.8. The zero-order valence-corrected chi connectivity index (χ0v) is 10.3. The Labute approximate surface area is 110 Å². The minimum absolute atomic E-state index is 0.106. The van der Waals surface area contributed by atoms with E-state index in [0.717, 1.165) is 0 Å². The molecule has 0 aliphatic heterocycles. The van der Waals surface area contributed by atoms with Crippen molar-refractivity contribution in [1.82, 2.24) is 0 Å². The van der Waals surface area contributed by atoms with Crippen LogP contribution >= 0.6 is 0 Å². The first-order chi connectivity index (χ1) is 9.20. The van der Waals surface area contributed by atoms with Crippen LogP contribution in [0.4, 0.5) is 0 Å². The van der Waals surface area contributed by atoms with Gasteiger partial charge in [0.1, 0.15) is 5.76 Å². The lowest BCUT2D eigenvalue weighted by Gasteiger charge is -1.93. The topological polar surface area (TPSA) is 56.5 Å². The molecular formula is C15H12O4. The molecule has 0 amide bonds. The number of allylic oxidation sites excluding steroid dienone is 1. The fraction of sp³-hybridized carbons (Fsp3) is 0.0667. The summed E-state index contributed by atoms with van der Waals surface area (Å²) in [6, 6.07) is 12.0. The van der Waals surface area contributed by atoms with Crippen molar-refractivity contribution < 1.29 is 18.7 Å². The van der Waals surface area contributed by atoms with Gasteiger partial charge in [-0.3, -0.25) is 4.79 Å². The highest BCUT2D eigenvalue weighted by Crippen LogP contribution is 2.11. The lowest BCUT2D eigenvalue weighted by atomic mass is 10.1. The van der Waals surface area contributed by atoms with E-state index < -0.39 is 5.97 Å². The average molecular weight is 256 g/mol. The van der Waals surface area contributed by atoms with Gasteiger partial charge >= 0.3 is 5.97 Å². The van der Waals surface area contributed by atoms with Gasteiger partial charge in [-0.15, -0.1) is 0 Å². The number of ether oxygens (including phenoxy) is 1. The molecule has 0 fully saturated rings. The van der Waals surface area contributed by atoms with Crippen LogP contribution in [0, 0.1) is 0 Å². The molecule has 0 N–H and O–H groups in total. The molecule has 96 valence electrons. The van der Waals surface area contributed by atoms with E-state index in [1.807, 2.05) is 6.07 Å². The molecule has 0 unspecified atom stereocenters. The van der Waals surface area contributed by atoms with Crippen LogP contribution in [0.5, 0.6) is 0 Å². The Bertz CT molecular complexity index is 608. The summed E-state index contributed by atoms with van der Waals surface area (Å²) in [5.74, 6) is -0.148. The van der Waals surface area contributed by atoms with E-state index >= 15 is 0 Å². The van der Waals surface area contributed by atoms with Crippen molar-refractivity contribution in [2.45, 2.75) is 0 Å². The van der Waals surface area contributed by atoms with Gasteiger partial charge < -0.3 is 9.15 Å². The standard InChI is InChI=1S/C15H12O4/c1-18-15(17)14-10-8-12(19-14)7-9-13(16)11-5-3-2-4-6-11/h2-10H,1H3. The smallest absolute Gasteiger partial charge is 0.373 e. The quantitative estimate of drug-likeness (QED) is 0.479. The number of furan rings is 1. The number of rotatable bonds is 4. The third-order valence-corrected chi connectivity index (χ3v) is 2.47. The predicted molar refractivity (Wildman–Crippen MR) is 69.9 cm³/mol. The van der Waals surface area contributed by atoms with Crippen LogP contribution in [0.1, 0.15) is 26.7 Å². The van der Waals surface area contributed by atoms with E-state index in [2.05, 4.69) is 4.74 Å². The molecule has 1 heterocycles. The number of hydrogen-bond donors (Lipinski definition) is 0. The molecule has 0 saturated carbocycles. The first kappa shape index (κ1) is 12.8. The highest BCUT2D eigenvalue weighted by Gasteiger charge is 2.09. The lowest BCUT2D eigenvalue weighted by Crippen LogP contribution is -1.98. The van der Waals surface area contributed by atoms with Crippen molar-refractivity contribution in [3.63, 3.8) is 0 Å². The van der Waals surface area contributed by atoms with E-state index in [1.165, 1.54) is 25.3 Å². The van der Waals surface area contributed by atoms with Crippen molar-refractivity contribution in [2.24, 2.45) is 0 Å². The van der Waals surface area contributed by atoms with Crippen molar-refractivity contribution in [3.8, 4) is 0 Å². The summed E-state index contributed by atoms with van der Waals surface area (Å²) < 4.78 is 9.73. The van der Waals surface area contributed by atoms with Crippen molar-refractivity contribution >= 4 is 17.8 Å². The average Bonchev–Trinajstić information content (AvgIpc) is 2.93. The number of carbonyl (C=O) groups is 2. The summed E-state index contributed by atoms with van der Waals surface area (Å²) in [6.45, 7) is 0. The molecule has 0 aliphatic carbocycles. The highest BCUT2D eigenvalue weighted by atomic mass is 16.5. The summed E-state index contributed by atoms with van der Waals surface area (Å²) in [4.78, 5) is 23.0. The Balaban J connectivity index is 2.09. The minimum Gasteiger partial charge on any atom is -0.463 e. The molecule has 0 radical (unpaired) electrons. The first-order valence-corrected chi connectivity index (χ1v) is 5.66. The first-order valence-electron chi connectivity index (χ1n) is 5.66. The maximum Gasteiger partial charge on any atom is 0.373 e. The molecule has 0 saturated heterocycles. The predicted octanol–water partition coefficient (Wildman–Crippen LogP) is 2.96. The second-order valence-electron chi connectivity index (χ2n) is 3.76. The van der Waals surface area contributed by atoms with Crippen LogP contribution in [-0.4, -0.2) is 18.9 Å². The second kappa shape index (κ2) is 5.82. The number of benzene rings is 1. The molecule has 2 aromatic rings. The third-order valence-electron chi connectivity index (χ3n) is 2.47. The summed E-state index contributed by atoms with van der Waals surface area (Å²) in [7, 11) is 1.28. The van der Waals surface area contributed by atoms with Gasteiger partial charge in [0.2, 0.25) is 5.76 Å². The fourth-order valence-electron chi connectivity index (χ4n) is 1.51. The summed E-state index contributed by atoms with van der Waals surface area (Å²) in [6.07, 6.45) is 2.91. The minimum atomic E-state index is -0.547. The van der Waals surface area contributed by atoms with Gasteiger partial charge in [-0.2, -0.15) is 0 Å². The molecule has 4 heteroatoms. The second-order valence-corrected chi connectivity index (χ2v) is 3.76. The van der Waals surface area contributed by atoms with Crippen LogP contribution in [0.15, 0.2) is 53.0 Å². The molecule has 1 aromatic carbocycles. The Morgan fingerprint density at radius 2 is 1.84 bits per heavy atom. The molecule has 19 heavy (non-hydrogen) atoms. The molecule has 1 aromatic heterocycles. The van der Waals surface area contributed by atoms with Gasteiger partial charge in [0.05, 0.1) is 7.11 Å². The Morgan fingerprint density at radius 3 is 2.53 bits per heavy atom. The van der Waals surface area contributed by atoms with Crippen LogP contribution in [-0.2, 0) is 4.74 Å². The Hall–Kier alpha value is -2.62. The van der Waals surface area contributed by atoms with Gasteiger partial charge in [0.25, 0.3) is 0 Å². The number of carbonyl (C=O) groups excluding carboxylic acids is 2. The van der Waals surface area contributed by atoms with Crippen molar-refractivity contribution in [3.05, 3.63) is 65.6 Å². The zero-order chi connectivity index (χ0) is 13.7. The lowest BCUT2D eigenvalue weighted by molar-refractivity contribution is 0.0564. The van der Waals surface area contributed by atoms with Gasteiger partial charge in [-0.25, -0.2) is 4.79 Å². The number of esters is 1. The maximum absolute atomic E-state index is 11.8. The van der Waals surface area contributed by atoms with E-state index in [9.17, 15) is 9.59 Å². The van der Waals surface area contributed by atoms with Gasteiger partial charge in [-0.05, 0) is 24.3 Å². The number of hydrogen-bond acceptors (Lipinski definition) is 4. The molecule has 0 bridgehead atoms. The molecule has 4 nitrogen and oxygen atoms in total. The Morgan fingerprint density at radius 1 is 1.11 bits per heavy atom. The summed E-state index contributed by atoms with van der Waals surface area (Å²) in [5, 5.41) is 0. The van der Waals surface area contributed by atoms with Crippen LogP contribution in [0.2, 0.25) is 0 Å². The van der Waals surface area contributed by atoms with Gasteiger partial charge in [-0.1, -0.05) is 30.3 Å². The summed E-state index contributed by atoms with van der Waals surface area (Å²) in [5.41, 5.74) is 0.596. The SMILES string of the molecule is COC(=O)c1ccc(C=CC(=O)c2ccccc2)o1. The molecular weight excluding hydrogens is 244 g/mol. The number of methoxy groups -OCH3 is 1.